The van der Waals surface area contributed by atoms with Crippen molar-refractivity contribution >= 4 is 40.6 Å². The summed E-state index contributed by atoms with van der Waals surface area (Å²) >= 11 is 6.22. The maximum Gasteiger partial charge on any atom is 0.307 e. The van der Waals surface area contributed by atoms with Crippen molar-refractivity contribution in [3.63, 3.8) is 0 Å². The number of aromatic nitrogens is 2. The lowest BCUT2D eigenvalue weighted by atomic mass is 10.0. The average molecular weight is 396 g/mol. The molecule has 0 fully saturated rings. The number of amides is 1. The van der Waals surface area contributed by atoms with Gasteiger partial charge in [0, 0.05) is 11.1 Å². The average Bonchev–Trinajstić information content (AvgIpc) is 2.72. The minimum absolute atomic E-state index is 0.0321. The summed E-state index contributed by atoms with van der Waals surface area (Å²) in [5.41, 5.74) is 2.71. The minimum Gasteiger partial charge on any atom is -0.469 e. The van der Waals surface area contributed by atoms with Crippen LogP contribution in [-0.2, 0) is 14.3 Å². The lowest BCUT2D eigenvalue weighted by Gasteiger charge is -2.18. The number of carbonyl (C=O) groups is 2. The lowest BCUT2D eigenvalue weighted by Crippen LogP contribution is -2.29. The number of nitrogens with zero attached hydrogens (tertiary/aromatic N) is 2. The standard InChI is InChI=1S/C21H18ClN3O3/c1-28-21(27)12-19(15-6-2-3-7-16(15)22)25-20(26)11-10-14-13-23-17-8-4-5-9-18(17)24-14/h2-11,13,19H,12H2,1H3,(H,25,26)/b11-10+. The zero-order valence-corrected chi connectivity index (χ0v) is 15.9. The van der Waals surface area contributed by atoms with Crippen molar-refractivity contribution in [1.29, 1.82) is 0 Å². The van der Waals surface area contributed by atoms with Gasteiger partial charge in [-0.3, -0.25) is 14.6 Å². The van der Waals surface area contributed by atoms with Crippen LogP contribution >= 0.6 is 11.6 Å². The molecule has 28 heavy (non-hydrogen) atoms. The Kier molecular flexibility index (Phi) is 6.34. The maximum absolute atomic E-state index is 12.4. The fraction of sp³-hybridized carbons (Fsp3) is 0.143. The van der Waals surface area contributed by atoms with Crippen molar-refractivity contribution in [1.82, 2.24) is 15.3 Å². The van der Waals surface area contributed by atoms with Crippen molar-refractivity contribution in [2.24, 2.45) is 0 Å². The van der Waals surface area contributed by atoms with E-state index in [1.807, 2.05) is 24.3 Å². The van der Waals surface area contributed by atoms with Crippen molar-refractivity contribution in [3.05, 3.63) is 77.1 Å². The van der Waals surface area contributed by atoms with Crippen molar-refractivity contribution in [3.8, 4) is 0 Å². The molecule has 7 heteroatoms. The first-order chi connectivity index (χ1) is 13.6. The molecule has 2 aromatic carbocycles. The summed E-state index contributed by atoms with van der Waals surface area (Å²) in [6.07, 6.45) is 4.47. The number of esters is 1. The number of halogens is 1. The molecule has 0 saturated heterocycles. The van der Waals surface area contributed by atoms with Crippen molar-refractivity contribution in [2.75, 3.05) is 7.11 Å². The van der Waals surface area contributed by atoms with Gasteiger partial charge in [0.1, 0.15) is 0 Å². The van der Waals surface area contributed by atoms with Gasteiger partial charge in [-0.05, 0) is 29.8 Å². The lowest BCUT2D eigenvalue weighted by molar-refractivity contribution is -0.141. The number of para-hydroxylation sites is 2. The molecule has 0 aliphatic rings. The third kappa shape index (κ3) is 4.92. The van der Waals surface area contributed by atoms with Gasteiger partial charge in [-0.25, -0.2) is 4.98 Å². The highest BCUT2D eigenvalue weighted by atomic mass is 35.5. The maximum atomic E-state index is 12.4. The molecule has 1 aromatic heterocycles. The monoisotopic (exact) mass is 395 g/mol. The summed E-state index contributed by atoms with van der Waals surface area (Å²) < 4.78 is 4.72. The summed E-state index contributed by atoms with van der Waals surface area (Å²) in [5, 5.41) is 3.25. The Balaban J connectivity index is 1.76. The van der Waals surface area contributed by atoms with E-state index in [0.717, 1.165) is 11.0 Å². The van der Waals surface area contributed by atoms with Crippen LogP contribution in [0.3, 0.4) is 0 Å². The number of fused-ring (bicyclic) bond motifs is 1. The molecule has 6 nitrogen and oxygen atoms in total. The summed E-state index contributed by atoms with van der Waals surface area (Å²) in [4.78, 5) is 32.9. The van der Waals surface area contributed by atoms with Crippen LogP contribution in [0.15, 0.2) is 60.8 Å². The van der Waals surface area contributed by atoms with Crippen molar-refractivity contribution in [2.45, 2.75) is 12.5 Å². The molecule has 1 atom stereocenters. The Hall–Kier alpha value is -3.25. The number of methoxy groups -OCH3 is 1. The number of benzene rings is 2. The Bertz CT molecular complexity index is 1040. The third-order valence-electron chi connectivity index (χ3n) is 4.07. The highest BCUT2D eigenvalue weighted by Gasteiger charge is 2.20. The van der Waals surface area contributed by atoms with E-state index >= 15 is 0 Å². The van der Waals surface area contributed by atoms with Crippen molar-refractivity contribution < 1.29 is 14.3 Å². The van der Waals surface area contributed by atoms with Gasteiger partial charge < -0.3 is 10.1 Å². The SMILES string of the molecule is COC(=O)CC(NC(=O)/C=C/c1cnc2ccccc2n1)c1ccccc1Cl. The molecule has 3 rings (SSSR count). The highest BCUT2D eigenvalue weighted by molar-refractivity contribution is 6.31. The Morgan fingerprint density at radius 1 is 1.14 bits per heavy atom. The van der Waals surface area contributed by atoms with E-state index in [9.17, 15) is 9.59 Å². The molecule has 1 amide bonds. The van der Waals surface area contributed by atoms with Crippen LogP contribution < -0.4 is 5.32 Å². The number of ether oxygens (including phenoxy) is 1. The molecule has 0 aliphatic heterocycles. The van der Waals surface area contributed by atoms with E-state index in [1.165, 1.54) is 13.2 Å². The molecule has 142 valence electrons. The van der Waals surface area contributed by atoms with Crippen LogP contribution in [0.2, 0.25) is 5.02 Å². The van der Waals surface area contributed by atoms with Gasteiger partial charge in [-0.1, -0.05) is 41.9 Å². The molecule has 1 heterocycles. The summed E-state index contributed by atoms with van der Waals surface area (Å²) in [6, 6.07) is 13.9. The number of hydrogen-bond donors (Lipinski definition) is 1. The predicted octanol–water partition coefficient (Wildman–Crippen LogP) is 3.72. The summed E-state index contributed by atoms with van der Waals surface area (Å²) in [7, 11) is 1.30. The minimum atomic E-state index is -0.610. The van der Waals surface area contributed by atoms with Gasteiger partial charge in [0.05, 0.1) is 42.5 Å². The normalized spacial score (nSPS) is 12.1. The largest absolute Gasteiger partial charge is 0.469 e. The Morgan fingerprint density at radius 3 is 2.61 bits per heavy atom. The second kappa shape index (κ2) is 9.10. The van der Waals surface area contributed by atoms with Gasteiger partial charge >= 0.3 is 5.97 Å². The van der Waals surface area contributed by atoms with Crippen LogP contribution in [-0.4, -0.2) is 29.0 Å². The molecule has 0 bridgehead atoms. The van der Waals surface area contributed by atoms with E-state index in [1.54, 1.807) is 36.5 Å². The quantitative estimate of drug-likeness (QED) is 0.508. The number of nitrogens with one attached hydrogen (secondary N) is 1. The molecule has 3 aromatic rings. The third-order valence-corrected chi connectivity index (χ3v) is 4.41. The van der Waals surface area contributed by atoms with Gasteiger partial charge in [-0.15, -0.1) is 0 Å². The van der Waals surface area contributed by atoms with Crippen LogP contribution in [0.5, 0.6) is 0 Å². The first-order valence-electron chi connectivity index (χ1n) is 8.58. The zero-order valence-electron chi connectivity index (χ0n) is 15.1. The van der Waals surface area contributed by atoms with Crippen LogP contribution in [0.4, 0.5) is 0 Å². The second-order valence-electron chi connectivity index (χ2n) is 5.98. The fourth-order valence-electron chi connectivity index (χ4n) is 2.68. The van der Waals surface area contributed by atoms with Crippen LogP contribution in [0, 0.1) is 0 Å². The first-order valence-corrected chi connectivity index (χ1v) is 8.96. The molecule has 0 spiro atoms. The van der Waals surface area contributed by atoms with Gasteiger partial charge in [0.2, 0.25) is 5.91 Å². The predicted molar refractivity (Wildman–Crippen MR) is 108 cm³/mol. The van der Waals surface area contributed by atoms with E-state index in [-0.39, 0.29) is 12.3 Å². The Labute approximate surface area is 167 Å². The summed E-state index contributed by atoms with van der Waals surface area (Å²) in [6.45, 7) is 0. The van der Waals surface area contributed by atoms with E-state index in [2.05, 4.69) is 15.3 Å². The molecule has 0 radical (unpaired) electrons. The zero-order chi connectivity index (χ0) is 19.9. The van der Waals surface area contributed by atoms with Crippen LogP contribution in [0.1, 0.15) is 23.7 Å². The molecule has 1 N–H and O–H groups in total. The number of rotatable bonds is 6. The van der Waals surface area contributed by atoms with Gasteiger partial charge in [0.25, 0.3) is 0 Å². The fourth-order valence-corrected chi connectivity index (χ4v) is 2.95. The molecular weight excluding hydrogens is 378 g/mol. The number of carbonyl (C=O) groups excluding carboxylic acids is 2. The van der Waals surface area contributed by atoms with Gasteiger partial charge in [-0.2, -0.15) is 0 Å². The van der Waals surface area contributed by atoms with E-state index < -0.39 is 12.0 Å². The number of hydrogen-bond acceptors (Lipinski definition) is 5. The van der Waals surface area contributed by atoms with E-state index in [0.29, 0.717) is 16.3 Å². The van der Waals surface area contributed by atoms with Gasteiger partial charge in [0.15, 0.2) is 0 Å². The highest BCUT2D eigenvalue weighted by Crippen LogP contribution is 2.25. The molecule has 1 unspecified atom stereocenters. The van der Waals surface area contributed by atoms with Crippen LogP contribution in [0.25, 0.3) is 17.1 Å². The second-order valence-corrected chi connectivity index (χ2v) is 6.39. The molecule has 0 saturated carbocycles. The molecule has 0 aliphatic carbocycles. The Morgan fingerprint density at radius 2 is 1.86 bits per heavy atom. The topological polar surface area (TPSA) is 81.2 Å². The smallest absolute Gasteiger partial charge is 0.307 e. The summed E-state index contributed by atoms with van der Waals surface area (Å²) in [5.74, 6) is -0.835. The molecular formula is C21H18ClN3O3. The first kappa shape index (κ1) is 19.5. The van der Waals surface area contributed by atoms with E-state index in [4.69, 9.17) is 16.3 Å².